The van der Waals surface area contributed by atoms with Crippen LogP contribution in [0.1, 0.15) is 11.1 Å². The van der Waals surface area contributed by atoms with Crippen LogP contribution in [0.3, 0.4) is 0 Å². The summed E-state index contributed by atoms with van der Waals surface area (Å²) in [5, 5.41) is 9.37. The van der Waals surface area contributed by atoms with E-state index >= 15 is 0 Å². The van der Waals surface area contributed by atoms with E-state index in [1.807, 2.05) is 61.7 Å². The first-order chi connectivity index (χ1) is 15.0. The molecule has 6 nitrogen and oxygen atoms in total. The van der Waals surface area contributed by atoms with Crippen molar-refractivity contribution in [2.24, 2.45) is 0 Å². The number of nitrogens with zero attached hydrogens (tertiary/aromatic N) is 4. The molecule has 0 aliphatic carbocycles. The first kappa shape index (κ1) is 19.3. The van der Waals surface area contributed by atoms with E-state index in [0.717, 1.165) is 22.1 Å². The largest absolute Gasteiger partial charge is 0.268 e. The summed E-state index contributed by atoms with van der Waals surface area (Å²) in [6, 6.07) is 24.3. The molecule has 3 aromatic carbocycles. The normalized spacial score (nSPS) is 11.8. The van der Waals surface area contributed by atoms with Gasteiger partial charge in [-0.15, -0.1) is 5.10 Å². The molecule has 0 radical (unpaired) electrons. The highest BCUT2D eigenvalue weighted by Gasteiger charge is 2.22. The third kappa shape index (κ3) is 3.53. The van der Waals surface area contributed by atoms with Gasteiger partial charge in [-0.2, -0.15) is 0 Å². The van der Waals surface area contributed by atoms with E-state index in [9.17, 15) is 8.42 Å². The molecule has 2 heterocycles. The van der Waals surface area contributed by atoms with Gasteiger partial charge in [-0.05, 0) is 30.7 Å². The van der Waals surface area contributed by atoms with Crippen molar-refractivity contribution < 1.29 is 8.42 Å². The number of fused-ring (bicyclic) bond motifs is 1. The van der Waals surface area contributed by atoms with Crippen molar-refractivity contribution in [2.45, 2.75) is 18.4 Å². The minimum Gasteiger partial charge on any atom is -0.247 e. The zero-order valence-corrected chi connectivity index (χ0v) is 17.7. The lowest BCUT2D eigenvalue weighted by molar-refractivity contribution is 0.589. The fourth-order valence-electron chi connectivity index (χ4n) is 3.65. The molecule has 0 aliphatic rings. The second-order valence-corrected chi connectivity index (χ2v) is 9.28. The van der Waals surface area contributed by atoms with Crippen LogP contribution in [0.25, 0.3) is 22.2 Å². The zero-order valence-electron chi connectivity index (χ0n) is 16.9. The van der Waals surface area contributed by atoms with Crippen LogP contribution in [-0.2, 0) is 16.6 Å². The Hall–Kier alpha value is -3.71. The van der Waals surface area contributed by atoms with Gasteiger partial charge in [0.25, 0.3) is 10.0 Å². The maximum Gasteiger partial charge on any atom is 0.268 e. The molecule has 0 atom stereocenters. The zero-order chi connectivity index (χ0) is 21.4. The van der Waals surface area contributed by atoms with Crippen LogP contribution in [0.5, 0.6) is 0 Å². The maximum absolute atomic E-state index is 13.4. The number of rotatable bonds is 5. The van der Waals surface area contributed by atoms with Crippen LogP contribution >= 0.6 is 0 Å². The quantitative estimate of drug-likeness (QED) is 0.413. The number of hydrogen-bond acceptors (Lipinski definition) is 4. The van der Waals surface area contributed by atoms with Gasteiger partial charge in [-0.25, -0.2) is 17.1 Å². The number of hydrogen-bond donors (Lipinski definition) is 0. The molecule has 7 heteroatoms. The summed E-state index contributed by atoms with van der Waals surface area (Å²) in [4.78, 5) is 0.248. The second kappa shape index (κ2) is 7.52. The Morgan fingerprint density at radius 1 is 0.839 bits per heavy atom. The van der Waals surface area contributed by atoms with Gasteiger partial charge in [0.15, 0.2) is 0 Å². The van der Waals surface area contributed by atoms with Crippen molar-refractivity contribution >= 4 is 20.9 Å². The number of aryl methyl sites for hydroxylation is 1. The Kier molecular flexibility index (Phi) is 4.67. The standard InChI is InChI=1S/C24H20N4O2S/c1-18-11-13-20(14-12-18)31(29,30)28-16-22(21-9-5-6-10-24(21)28)23-17-27(26-25-23)15-19-7-3-2-4-8-19/h2-14,16-17H,15H2,1H3. The minimum atomic E-state index is -3.75. The number of benzene rings is 3. The summed E-state index contributed by atoms with van der Waals surface area (Å²) in [7, 11) is -3.75. The van der Waals surface area contributed by atoms with Gasteiger partial charge in [0.05, 0.1) is 23.2 Å². The maximum atomic E-state index is 13.4. The van der Waals surface area contributed by atoms with E-state index in [0.29, 0.717) is 17.8 Å². The Bertz CT molecular complexity index is 1470. The van der Waals surface area contributed by atoms with Gasteiger partial charge in [0.1, 0.15) is 5.69 Å². The van der Waals surface area contributed by atoms with Gasteiger partial charge in [0, 0.05) is 17.1 Å². The van der Waals surface area contributed by atoms with Crippen molar-refractivity contribution in [3.05, 3.63) is 102 Å². The molecule has 2 aromatic heterocycles. The summed E-state index contributed by atoms with van der Waals surface area (Å²) in [6.07, 6.45) is 3.48. The third-order valence-corrected chi connectivity index (χ3v) is 6.95. The predicted molar refractivity (Wildman–Crippen MR) is 120 cm³/mol. The average Bonchev–Trinajstić information content (AvgIpc) is 3.40. The summed E-state index contributed by atoms with van der Waals surface area (Å²) in [5.41, 5.74) is 4.08. The van der Waals surface area contributed by atoms with Crippen LogP contribution in [0.4, 0.5) is 0 Å². The van der Waals surface area contributed by atoms with E-state index in [1.54, 1.807) is 41.2 Å². The molecule has 0 amide bonds. The van der Waals surface area contributed by atoms with E-state index < -0.39 is 10.0 Å². The first-order valence-corrected chi connectivity index (χ1v) is 11.3. The first-order valence-electron chi connectivity index (χ1n) is 9.89. The monoisotopic (exact) mass is 428 g/mol. The summed E-state index contributed by atoms with van der Waals surface area (Å²) in [5.74, 6) is 0. The molecule has 0 aliphatic heterocycles. The Morgan fingerprint density at radius 3 is 2.32 bits per heavy atom. The SMILES string of the molecule is Cc1ccc(S(=O)(=O)n2cc(-c3cn(Cc4ccccc4)nn3)c3ccccc32)cc1. The Balaban J connectivity index is 1.59. The van der Waals surface area contributed by atoms with Crippen LogP contribution in [0.2, 0.25) is 0 Å². The highest BCUT2D eigenvalue weighted by Crippen LogP contribution is 2.32. The van der Waals surface area contributed by atoms with Crippen molar-refractivity contribution in [1.82, 2.24) is 19.0 Å². The van der Waals surface area contributed by atoms with Gasteiger partial charge < -0.3 is 0 Å². The lowest BCUT2D eigenvalue weighted by atomic mass is 10.1. The van der Waals surface area contributed by atoms with Crippen molar-refractivity contribution in [3.8, 4) is 11.3 Å². The lowest BCUT2D eigenvalue weighted by Gasteiger charge is -2.07. The average molecular weight is 429 g/mol. The highest BCUT2D eigenvalue weighted by molar-refractivity contribution is 7.90. The van der Waals surface area contributed by atoms with E-state index in [1.165, 1.54) is 3.97 Å². The van der Waals surface area contributed by atoms with Crippen LogP contribution in [0, 0.1) is 6.92 Å². The summed E-state index contributed by atoms with van der Waals surface area (Å²) < 4.78 is 29.8. The van der Waals surface area contributed by atoms with E-state index in [2.05, 4.69) is 10.3 Å². The lowest BCUT2D eigenvalue weighted by Crippen LogP contribution is -2.11. The van der Waals surface area contributed by atoms with Crippen LogP contribution < -0.4 is 0 Å². The van der Waals surface area contributed by atoms with E-state index in [-0.39, 0.29) is 4.90 Å². The molecule has 0 N–H and O–H groups in total. The molecule has 5 aromatic rings. The van der Waals surface area contributed by atoms with Gasteiger partial charge >= 0.3 is 0 Å². The van der Waals surface area contributed by atoms with Crippen LogP contribution in [-0.4, -0.2) is 27.4 Å². The molecular weight excluding hydrogens is 408 g/mol. The molecule has 0 fully saturated rings. The summed E-state index contributed by atoms with van der Waals surface area (Å²) >= 11 is 0. The molecule has 0 saturated carbocycles. The molecule has 0 spiro atoms. The molecule has 0 saturated heterocycles. The highest BCUT2D eigenvalue weighted by atomic mass is 32.2. The Labute approximate surface area is 180 Å². The fraction of sp³-hybridized carbons (Fsp3) is 0.0833. The molecule has 0 unspecified atom stereocenters. The Morgan fingerprint density at radius 2 is 1.55 bits per heavy atom. The fourth-order valence-corrected chi connectivity index (χ4v) is 5.02. The van der Waals surface area contributed by atoms with Gasteiger partial charge in [0.2, 0.25) is 0 Å². The number of para-hydroxylation sites is 1. The molecule has 31 heavy (non-hydrogen) atoms. The van der Waals surface area contributed by atoms with E-state index in [4.69, 9.17) is 0 Å². The van der Waals surface area contributed by atoms with Crippen molar-refractivity contribution in [2.75, 3.05) is 0 Å². The predicted octanol–water partition coefficient (Wildman–Crippen LogP) is 4.49. The molecule has 5 rings (SSSR count). The van der Waals surface area contributed by atoms with Gasteiger partial charge in [-0.1, -0.05) is 71.4 Å². The molecule has 0 bridgehead atoms. The van der Waals surface area contributed by atoms with Crippen LogP contribution in [0.15, 0.2) is 96.2 Å². The van der Waals surface area contributed by atoms with Crippen molar-refractivity contribution in [1.29, 1.82) is 0 Å². The smallest absolute Gasteiger partial charge is 0.247 e. The summed E-state index contributed by atoms with van der Waals surface area (Å²) in [6.45, 7) is 2.52. The minimum absolute atomic E-state index is 0.248. The van der Waals surface area contributed by atoms with Gasteiger partial charge in [-0.3, -0.25) is 0 Å². The molecular formula is C24H20N4O2S. The molecule has 154 valence electrons. The second-order valence-electron chi connectivity index (χ2n) is 7.46. The topological polar surface area (TPSA) is 69.8 Å². The number of aromatic nitrogens is 4. The van der Waals surface area contributed by atoms with Crippen molar-refractivity contribution in [3.63, 3.8) is 0 Å². The third-order valence-electron chi connectivity index (χ3n) is 5.26.